The summed E-state index contributed by atoms with van der Waals surface area (Å²) in [6.07, 6.45) is 0. The minimum absolute atomic E-state index is 0.468. The molecule has 0 fully saturated rings. The van der Waals surface area contributed by atoms with E-state index in [1.807, 2.05) is 0 Å². The number of aryl methyl sites for hydroxylation is 1. The van der Waals surface area contributed by atoms with Crippen LogP contribution in [0.5, 0.6) is 0 Å². The smallest absolute Gasteiger partial charge is 0.0291 e. The van der Waals surface area contributed by atoms with Gasteiger partial charge in [-0.25, -0.2) is 0 Å². The van der Waals surface area contributed by atoms with Gasteiger partial charge in [0.25, 0.3) is 0 Å². The molecule has 0 bridgehead atoms. The minimum Gasteiger partial charge on any atom is -0.310 e. The van der Waals surface area contributed by atoms with Crippen molar-refractivity contribution in [3.8, 4) is 0 Å². The van der Waals surface area contributed by atoms with Gasteiger partial charge in [0.1, 0.15) is 0 Å². The van der Waals surface area contributed by atoms with E-state index in [2.05, 4.69) is 50.4 Å². The van der Waals surface area contributed by atoms with Crippen molar-refractivity contribution in [2.24, 2.45) is 0 Å². The zero-order valence-corrected chi connectivity index (χ0v) is 8.09. The molecule has 66 valence electrons. The number of rotatable bonds is 3. The minimum atomic E-state index is 0.468. The highest BCUT2D eigenvalue weighted by molar-refractivity contribution is 5.23. The molecule has 1 aromatic rings. The van der Waals surface area contributed by atoms with Crippen LogP contribution in [0, 0.1) is 6.92 Å². The van der Waals surface area contributed by atoms with Crippen molar-refractivity contribution in [2.45, 2.75) is 26.8 Å². The largest absolute Gasteiger partial charge is 0.310 e. The first-order chi connectivity index (χ1) is 5.74. The van der Waals surface area contributed by atoms with E-state index in [0.717, 1.165) is 6.54 Å². The predicted molar refractivity (Wildman–Crippen MR) is 53.3 cm³/mol. The number of hydrogen-bond acceptors (Lipinski definition) is 1. The maximum atomic E-state index is 3.38. The molecule has 0 saturated carbocycles. The van der Waals surface area contributed by atoms with Gasteiger partial charge in [0.2, 0.25) is 0 Å². The average Bonchev–Trinajstić information content (AvgIpc) is 2.06. The van der Waals surface area contributed by atoms with E-state index in [1.54, 1.807) is 0 Å². The van der Waals surface area contributed by atoms with E-state index in [-0.39, 0.29) is 0 Å². The molecule has 12 heavy (non-hydrogen) atoms. The Morgan fingerprint density at radius 3 is 2.33 bits per heavy atom. The first-order valence-corrected chi connectivity index (χ1v) is 4.54. The predicted octanol–water partition coefficient (Wildman–Crippen LogP) is 2.67. The van der Waals surface area contributed by atoms with Crippen LogP contribution in [-0.2, 0) is 0 Å². The van der Waals surface area contributed by atoms with Crippen molar-refractivity contribution in [3.05, 3.63) is 35.4 Å². The average molecular weight is 163 g/mol. The fourth-order valence-corrected chi connectivity index (χ4v) is 1.28. The van der Waals surface area contributed by atoms with Crippen molar-refractivity contribution in [3.63, 3.8) is 0 Å². The molecule has 1 N–H and O–H groups in total. The molecule has 1 nitrogen and oxygen atoms in total. The third kappa shape index (κ3) is 2.35. The van der Waals surface area contributed by atoms with Gasteiger partial charge in [-0.3, -0.25) is 0 Å². The third-order valence-electron chi connectivity index (χ3n) is 2.09. The second kappa shape index (κ2) is 4.27. The highest BCUT2D eigenvalue weighted by Gasteiger charge is 2.01. The second-order valence-electron chi connectivity index (χ2n) is 3.19. The van der Waals surface area contributed by atoms with E-state index in [0.29, 0.717) is 6.04 Å². The summed E-state index contributed by atoms with van der Waals surface area (Å²) in [6.45, 7) is 7.45. The van der Waals surface area contributed by atoms with Crippen LogP contribution < -0.4 is 5.32 Å². The lowest BCUT2D eigenvalue weighted by atomic mass is 10.1. The summed E-state index contributed by atoms with van der Waals surface area (Å²) in [5, 5.41) is 3.38. The molecule has 1 heteroatoms. The quantitative estimate of drug-likeness (QED) is 0.722. The Labute approximate surface area is 74.8 Å². The summed E-state index contributed by atoms with van der Waals surface area (Å²) in [7, 11) is 0. The topological polar surface area (TPSA) is 12.0 Å². The van der Waals surface area contributed by atoms with Crippen molar-refractivity contribution >= 4 is 0 Å². The van der Waals surface area contributed by atoms with Crippen LogP contribution in [0.2, 0.25) is 0 Å². The zero-order valence-electron chi connectivity index (χ0n) is 8.09. The molecule has 1 rings (SSSR count). The Balaban J connectivity index is 2.68. The normalized spacial score (nSPS) is 12.9. The molecule has 0 radical (unpaired) electrons. The molecule has 1 unspecified atom stereocenters. The van der Waals surface area contributed by atoms with Crippen LogP contribution in [0.3, 0.4) is 0 Å². The summed E-state index contributed by atoms with van der Waals surface area (Å²) in [5.41, 5.74) is 2.69. The van der Waals surface area contributed by atoms with Gasteiger partial charge in [-0.2, -0.15) is 0 Å². The summed E-state index contributed by atoms with van der Waals surface area (Å²) in [6, 6.07) is 9.15. The summed E-state index contributed by atoms with van der Waals surface area (Å²) in [4.78, 5) is 0. The molecule has 0 spiro atoms. The number of hydrogen-bond donors (Lipinski definition) is 1. The Morgan fingerprint density at radius 1 is 1.25 bits per heavy atom. The molecule has 0 aliphatic heterocycles. The first-order valence-electron chi connectivity index (χ1n) is 4.54. The molecule has 1 aromatic carbocycles. The van der Waals surface area contributed by atoms with Crippen molar-refractivity contribution in [2.75, 3.05) is 6.54 Å². The molecule has 0 saturated heterocycles. The van der Waals surface area contributed by atoms with Gasteiger partial charge in [-0.1, -0.05) is 36.8 Å². The van der Waals surface area contributed by atoms with Gasteiger partial charge < -0.3 is 5.32 Å². The van der Waals surface area contributed by atoms with Crippen LogP contribution in [0.15, 0.2) is 24.3 Å². The van der Waals surface area contributed by atoms with Crippen LogP contribution in [-0.4, -0.2) is 6.54 Å². The van der Waals surface area contributed by atoms with Crippen molar-refractivity contribution in [1.82, 2.24) is 5.32 Å². The maximum Gasteiger partial charge on any atom is 0.0291 e. The lowest BCUT2D eigenvalue weighted by molar-refractivity contribution is 0.598. The van der Waals surface area contributed by atoms with Gasteiger partial charge >= 0.3 is 0 Å². The van der Waals surface area contributed by atoms with Gasteiger partial charge in [0.15, 0.2) is 0 Å². The molecule has 0 heterocycles. The molecule has 0 amide bonds. The number of benzene rings is 1. The van der Waals surface area contributed by atoms with Gasteiger partial charge in [-0.15, -0.1) is 0 Å². The maximum absolute atomic E-state index is 3.38. The molecule has 1 atom stereocenters. The highest BCUT2D eigenvalue weighted by Crippen LogP contribution is 2.12. The molecule has 0 aliphatic rings. The van der Waals surface area contributed by atoms with Crippen LogP contribution in [0.4, 0.5) is 0 Å². The lowest BCUT2D eigenvalue weighted by Crippen LogP contribution is -2.17. The SMILES string of the molecule is CCNC(C)c1ccc(C)cc1. The van der Waals surface area contributed by atoms with E-state index < -0.39 is 0 Å². The Bertz CT molecular complexity index is 225. The van der Waals surface area contributed by atoms with E-state index >= 15 is 0 Å². The molecular weight excluding hydrogens is 146 g/mol. The van der Waals surface area contributed by atoms with Crippen LogP contribution in [0.1, 0.15) is 31.0 Å². The highest BCUT2D eigenvalue weighted by atomic mass is 14.9. The van der Waals surface area contributed by atoms with E-state index in [9.17, 15) is 0 Å². The zero-order chi connectivity index (χ0) is 8.97. The monoisotopic (exact) mass is 163 g/mol. The van der Waals surface area contributed by atoms with Crippen LogP contribution in [0.25, 0.3) is 0 Å². The van der Waals surface area contributed by atoms with E-state index in [4.69, 9.17) is 0 Å². The Kier molecular flexibility index (Phi) is 3.30. The van der Waals surface area contributed by atoms with Crippen molar-refractivity contribution in [1.29, 1.82) is 0 Å². The van der Waals surface area contributed by atoms with Gasteiger partial charge in [-0.05, 0) is 26.0 Å². The van der Waals surface area contributed by atoms with Crippen molar-refractivity contribution < 1.29 is 0 Å². The fraction of sp³-hybridized carbons (Fsp3) is 0.455. The molecular formula is C11H17N. The van der Waals surface area contributed by atoms with E-state index in [1.165, 1.54) is 11.1 Å². The molecule has 0 aliphatic carbocycles. The van der Waals surface area contributed by atoms with Gasteiger partial charge in [0.05, 0.1) is 0 Å². The Morgan fingerprint density at radius 2 is 1.83 bits per heavy atom. The summed E-state index contributed by atoms with van der Waals surface area (Å²) in [5.74, 6) is 0. The van der Waals surface area contributed by atoms with Gasteiger partial charge in [0, 0.05) is 6.04 Å². The first kappa shape index (κ1) is 9.27. The fourth-order valence-electron chi connectivity index (χ4n) is 1.28. The molecule has 0 aromatic heterocycles. The third-order valence-corrected chi connectivity index (χ3v) is 2.09. The second-order valence-corrected chi connectivity index (χ2v) is 3.19. The lowest BCUT2D eigenvalue weighted by Gasteiger charge is -2.12. The standard InChI is InChI=1S/C11H17N/c1-4-12-10(3)11-7-5-9(2)6-8-11/h5-8,10,12H,4H2,1-3H3. The summed E-state index contributed by atoms with van der Waals surface area (Å²) < 4.78 is 0. The van der Waals surface area contributed by atoms with Crippen LogP contribution >= 0.6 is 0 Å². The number of nitrogens with one attached hydrogen (secondary N) is 1. The Hall–Kier alpha value is -0.820. The summed E-state index contributed by atoms with van der Waals surface area (Å²) >= 11 is 0.